The van der Waals surface area contributed by atoms with Gasteiger partial charge in [0.1, 0.15) is 0 Å². The van der Waals surface area contributed by atoms with Gasteiger partial charge in [-0.3, -0.25) is 19.9 Å². The summed E-state index contributed by atoms with van der Waals surface area (Å²) < 4.78 is 1.29. The molecule has 0 saturated heterocycles. The second-order valence-corrected chi connectivity index (χ2v) is 7.25. The zero-order valence-corrected chi connectivity index (χ0v) is 16.9. The molecular weight excluding hydrogens is 394 g/mol. The highest BCUT2D eigenvalue weighted by molar-refractivity contribution is 6.02. The maximum absolute atomic E-state index is 13.2. The summed E-state index contributed by atoms with van der Waals surface area (Å²) in [5.41, 5.74) is 3.00. The van der Waals surface area contributed by atoms with Crippen molar-refractivity contribution in [3.8, 4) is 11.6 Å². The highest BCUT2D eigenvalue weighted by Crippen LogP contribution is 2.28. The first kappa shape index (κ1) is 20.0. The van der Waals surface area contributed by atoms with Crippen molar-refractivity contribution >= 4 is 28.4 Å². The van der Waals surface area contributed by atoms with Gasteiger partial charge in [0.05, 0.1) is 21.9 Å². The van der Waals surface area contributed by atoms with Crippen LogP contribution >= 0.6 is 0 Å². The van der Waals surface area contributed by atoms with Crippen LogP contribution < -0.4 is 5.56 Å². The van der Waals surface area contributed by atoms with Crippen LogP contribution in [0.25, 0.3) is 16.5 Å². The number of hydrogen-bond acceptors (Lipinski definition) is 5. The first-order valence-corrected chi connectivity index (χ1v) is 9.59. The average molecular weight is 413 g/mol. The number of aliphatic imine (C=N–C) groups is 1. The van der Waals surface area contributed by atoms with Gasteiger partial charge >= 0.3 is 0 Å². The van der Waals surface area contributed by atoms with E-state index in [-0.39, 0.29) is 17.1 Å². The summed E-state index contributed by atoms with van der Waals surface area (Å²) in [5.74, 6) is -0.221. The van der Waals surface area contributed by atoms with Gasteiger partial charge in [0, 0.05) is 29.1 Å². The number of aromatic hydroxyl groups is 1. The van der Waals surface area contributed by atoms with E-state index in [0.717, 1.165) is 11.1 Å². The molecule has 0 unspecified atom stereocenters. The molecule has 0 amide bonds. The Bertz CT molecular complexity index is 1400. The molecule has 0 fully saturated rings. The Morgan fingerprint density at radius 3 is 2.32 bits per heavy atom. The van der Waals surface area contributed by atoms with Crippen LogP contribution in [0.5, 0.6) is 5.88 Å². The van der Waals surface area contributed by atoms with E-state index < -0.39 is 4.92 Å². The second-order valence-electron chi connectivity index (χ2n) is 7.25. The van der Waals surface area contributed by atoms with E-state index in [0.29, 0.717) is 27.7 Å². The molecule has 7 nitrogen and oxygen atoms in total. The molecule has 0 atom stereocenters. The Hall–Kier alpha value is -4.26. The van der Waals surface area contributed by atoms with Crippen molar-refractivity contribution < 1.29 is 10.0 Å². The Kier molecular flexibility index (Phi) is 5.09. The lowest BCUT2D eigenvalue weighted by Crippen LogP contribution is -2.21. The van der Waals surface area contributed by atoms with Crippen molar-refractivity contribution in [1.29, 1.82) is 0 Å². The number of fused-ring (bicyclic) bond motifs is 1. The summed E-state index contributed by atoms with van der Waals surface area (Å²) in [6.45, 7) is 3.84. The molecule has 0 aliphatic carbocycles. The van der Waals surface area contributed by atoms with Crippen molar-refractivity contribution in [3.63, 3.8) is 0 Å². The maximum Gasteiger partial charge on any atom is 0.269 e. The molecule has 1 N–H and O–H groups in total. The highest BCUT2D eigenvalue weighted by atomic mass is 16.6. The fraction of sp³-hybridized carbons (Fsp3) is 0.0833. The molecule has 1 aromatic heterocycles. The molecular formula is C24H19N3O4. The molecule has 31 heavy (non-hydrogen) atoms. The van der Waals surface area contributed by atoms with E-state index in [2.05, 4.69) is 4.99 Å². The van der Waals surface area contributed by atoms with Gasteiger partial charge in [-0.2, -0.15) is 0 Å². The summed E-state index contributed by atoms with van der Waals surface area (Å²) in [6, 6.07) is 18.4. The van der Waals surface area contributed by atoms with Crippen LogP contribution in [0.3, 0.4) is 0 Å². The molecule has 1 heterocycles. The molecule has 0 saturated carbocycles. The molecule has 0 aliphatic rings. The lowest BCUT2D eigenvalue weighted by Gasteiger charge is -2.16. The maximum atomic E-state index is 13.2. The summed E-state index contributed by atoms with van der Waals surface area (Å²) in [4.78, 5) is 27.9. The molecule has 154 valence electrons. The zero-order valence-electron chi connectivity index (χ0n) is 16.9. The molecule has 0 aliphatic heterocycles. The van der Waals surface area contributed by atoms with Crippen molar-refractivity contribution in [3.05, 3.63) is 104 Å². The largest absolute Gasteiger partial charge is 0.494 e. The number of nitro benzene ring substituents is 1. The number of pyridine rings is 1. The summed E-state index contributed by atoms with van der Waals surface area (Å²) in [6.07, 6.45) is 1.47. The minimum Gasteiger partial charge on any atom is -0.494 e. The lowest BCUT2D eigenvalue weighted by molar-refractivity contribution is -0.384. The fourth-order valence-corrected chi connectivity index (χ4v) is 3.57. The second kappa shape index (κ2) is 7.87. The minimum atomic E-state index is -0.480. The Morgan fingerprint density at radius 2 is 1.68 bits per heavy atom. The van der Waals surface area contributed by atoms with Gasteiger partial charge < -0.3 is 5.11 Å². The van der Waals surface area contributed by atoms with Gasteiger partial charge in [-0.05, 0) is 43.7 Å². The molecule has 0 radical (unpaired) electrons. The van der Waals surface area contributed by atoms with E-state index in [1.54, 1.807) is 30.3 Å². The molecule has 4 rings (SSSR count). The van der Waals surface area contributed by atoms with Crippen LogP contribution in [0, 0.1) is 24.0 Å². The molecule has 3 aromatic carbocycles. The van der Waals surface area contributed by atoms with E-state index >= 15 is 0 Å². The normalized spacial score (nSPS) is 11.3. The Balaban J connectivity index is 1.92. The monoisotopic (exact) mass is 413 g/mol. The SMILES string of the molecule is Cc1ccc(-n2c(O)c(C=Nc3ccc([N+](=O)[O-])cc3)c3ccccc3c2=O)c(C)c1. The number of nitrogens with zero attached hydrogens (tertiary/aromatic N) is 3. The van der Waals surface area contributed by atoms with Crippen molar-refractivity contribution in [2.24, 2.45) is 4.99 Å². The fourth-order valence-electron chi connectivity index (χ4n) is 3.57. The van der Waals surface area contributed by atoms with Crippen LogP contribution in [-0.4, -0.2) is 20.8 Å². The van der Waals surface area contributed by atoms with Crippen LogP contribution in [0.2, 0.25) is 0 Å². The van der Waals surface area contributed by atoms with Gasteiger partial charge in [-0.1, -0.05) is 35.9 Å². The molecule has 0 spiro atoms. The molecule has 4 aromatic rings. The highest BCUT2D eigenvalue weighted by Gasteiger charge is 2.17. The van der Waals surface area contributed by atoms with Crippen molar-refractivity contribution in [2.45, 2.75) is 13.8 Å². The van der Waals surface area contributed by atoms with Crippen LogP contribution in [-0.2, 0) is 0 Å². The van der Waals surface area contributed by atoms with Crippen molar-refractivity contribution in [1.82, 2.24) is 4.57 Å². The number of nitro groups is 1. The van der Waals surface area contributed by atoms with Gasteiger partial charge in [0.25, 0.3) is 11.2 Å². The van der Waals surface area contributed by atoms with E-state index in [4.69, 9.17) is 0 Å². The van der Waals surface area contributed by atoms with Crippen LogP contribution in [0.15, 0.2) is 76.5 Å². The predicted molar refractivity (Wildman–Crippen MR) is 121 cm³/mol. The van der Waals surface area contributed by atoms with E-state index in [9.17, 15) is 20.0 Å². The average Bonchev–Trinajstić information content (AvgIpc) is 2.75. The van der Waals surface area contributed by atoms with Gasteiger partial charge in [-0.25, -0.2) is 4.57 Å². The number of non-ortho nitro benzene ring substituents is 1. The Labute approximate surface area is 177 Å². The van der Waals surface area contributed by atoms with Gasteiger partial charge in [0.15, 0.2) is 0 Å². The zero-order chi connectivity index (χ0) is 22.1. The third-order valence-electron chi connectivity index (χ3n) is 5.10. The number of aromatic nitrogens is 1. The predicted octanol–water partition coefficient (Wildman–Crippen LogP) is 4.97. The smallest absolute Gasteiger partial charge is 0.269 e. The van der Waals surface area contributed by atoms with Gasteiger partial charge in [-0.15, -0.1) is 0 Å². The summed E-state index contributed by atoms with van der Waals surface area (Å²) >= 11 is 0. The van der Waals surface area contributed by atoms with Crippen molar-refractivity contribution in [2.75, 3.05) is 0 Å². The Morgan fingerprint density at radius 1 is 1.00 bits per heavy atom. The number of rotatable bonds is 4. The first-order valence-electron chi connectivity index (χ1n) is 9.59. The number of aryl methyl sites for hydroxylation is 2. The molecule has 0 bridgehead atoms. The topological polar surface area (TPSA) is 97.7 Å². The summed E-state index contributed by atoms with van der Waals surface area (Å²) in [7, 11) is 0. The van der Waals surface area contributed by atoms with Gasteiger partial charge in [0.2, 0.25) is 5.88 Å². The quantitative estimate of drug-likeness (QED) is 0.290. The van der Waals surface area contributed by atoms with Crippen LogP contribution in [0.1, 0.15) is 16.7 Å². The standard InChI is InChI=1S/C24H19N3O4/c1-15-7-12-22(16(2)13-15)26-23(28)20-6-4-3-5-19(20)21(24(26)29)14-25-17-8-10-18(11-9-17)27(30)31/h3-14,29H,1-2H3. The third-order valence-corrected chi connectivity index (χ3v) is 5.10. The minimum absolute atomic E-state index is 0.0318. The third kappa shape index (κ3) is 3.69. The van der Waals surface area contributed by atoms with Crippen LogP contribution in [0.4, 0.5) is 11.4 Å². The number of hydrogen-bond donors (Lipinski definition) is 1. The summed E-state index contributed by atoms with van der Waals surface area (Å²) in [5, 5.41) is 22.9. The van der Waals surface area contributed by atoms with E-state index in [1.807, 2.05) is 26.0 Å². The van der Waals surface area contributed by atoms with E-state index in [1.165, 1.54) is 35.0 Å². The number of benzene rings is 3. The molecule has 7 heteroatoms. The lowest BCUT2D eigenvalue weighted by atomic mass is 10.1. The first-order chi connectivity index (χ1) is 14.9.